The van der Waals surface area contributed by atoms with E-state index in [2.05, 4.69) is 10.3 Å². The van der Waals surface area contributed by atoms with Crippen molar-refractivity contribution in [1.29, 1.82) is 0 Å². The van der Waals surface area contributed by atoms with Crippen LogP contribution in [0.4, 0.5) is 4.79 Å². The molecule has 122 valence electrons. The van der Waals surface area contributed by atoms with Gasteiger partial charge in [0.25, 0.3) is 0 Å². The Kier molecular flexibility index (Phi) is 5.40. The summed E-state index contributed by atoms with van der Waals surface area (Å²) < 4.78 is 5.17. The van der Waals surface area contributed by atoms with Gasteiger partial charge in [-0.3, -0.25) is 0 Å². The van der Waals surface area contributed by atoms with Gasteiger partial charge in [-0.1, -0.05) is 24.3 Å². The molecule has 1 aromatic carbocycles. The van der Waals surface area contributed by atoms with Crippen molar-refractivity contribution in [3.05, 3.63) is 34.7 Å². The predicted molar refractivity (Wildman–Crippen MR) is 90.4 cm³/mol. The van der Waals surface area contributed by atoms with E-state index >= 15 is 0 Å². The van der Waals surface area contributed by atoms with Crippen LogP contribution in [-0.2, 0) is 11.3 Å². The SMILES string of the molecule is CC(C)(C)OC(=O)NCc1nc(-c2ccc(B(O)O)cc2)cs1. The molecule has 2 aromatic rings. The molecule has 0 fully saturated rings. The molecule has 0 aliphatic rings. The number of nitrogens with zero attached hydrogens (tertiary/aromatic N) is 1. The molecule has 23 heavy (non-hydrogen) atoms. The summed E-state index contributed by atoms with van der Waals surface area (Å²) in [5, 5.41) is 23.5. The van der Waals surface area contributed by atoms with Crippen LogP contribution in [0.15, 0.2) is 29.6 Å². The lowest BCUT2D eigenvalue weighted by atomic mass is 9.80. The third-order valence-electron chi connectivity index (χ3n) is 2.84. The van der Waals surface area contributed by atoms with Crippen LogP contribution >= 0.6 is 11.3 Å². The van der Waals surface area contributed by atoms with Crippen LogP contribution in [0.5, 0.6) is 0 Å². The second-order valence-corrected chi connectivity index (χ2v) is 6.92. The van der Waals surface area contributed by atoms with Crippen LogP contribution in [0.3, 0.4) is 0 Å². The van der Waals surface area contributed by atoms with Crippen molar-refractivity contribution in [3.63, 3.8) is 0 Å². The van der Waals surface area contributed by atoms with Crippen LogP contribution in [0.2, 0.25) is 0 Å². The van der Waals surface area contributed by atoms with Crippen LogP contribution in [0.1, 0.15) is 25.8 Å². The molecule has 0 aliphatic heterocycles. The van der Waals surface area contributed by atoms with Gasteiger partial charge < -0.3 is 20.1 Å². The molecule has 0 bridgehead atoms. The summed E-state index contributed by atoms with van der Waals surface area (Å²) in [6.07, 6.45) is -0.476. The lowest BCUT2D eigenvalue weighted by Crippen LogP contribution is -2.32. The van der Waals surface area contributed by atoms with Gasteiger partial charge in [-0.2, -0.15) is 0 Å². The summed E-state index contributed by atoms with van der Waals surface area (Å²) in [4.78, 5) is 16.1. The van der Waals surface area contributed by atoms with E-state index in [1.54, 1.807) is 45.0 Å². The van der Waals surface area contributed by atoms with Gasteiger partial charge in [0, 0.05) is 10.9 Å². The quantitative estimate of drug-likeness (QED) is 0.738. The maximum atomic E-state index is 11.6. The molecule has 0 aliphatic carbocycles. The summed E-state index contributed by atoms with van der Waals surface area (Å²) in [6.45, 7) is 5.72. The summed E-state index contributed by atoms with van der Waals surface area (Å²) in [7, 11) is -1.48. The Morgan fingerprint density at radius 2 is 1.96 bits per heavy atom. The Morgan fingerprint density at radius 1 is 1.30 bits per heavy atom. The van der Waals surface area contributed by atoms with Gasteiger partial charge in [-0.25, -0.2) is 9.78 Å². The summed E-state index contributed by atoms with van der Waals surface area (Å²) >= 11 is 1.43. The van der Waals surface area contributed by atoms with Crippen molar-refractivity contribution in [2.45, 2.75) is 32.9 Å². The first-order valence-corrected chi connectivity index (χ1v) is 8.00. The van der Waals surface area contributed by atoms with Gasteiger partial charge >= 0.3 is 13.2 Å². The molecule has 3 N–H and O–H groups in total. The van der Waals surface area contributed by atoms with E-state index < -0.39 is 18.8 Å². The lowest BCUT2D eigenvalue weighted by molar-refractivity contribution is 0.0523. The molecular weight excluding hydrogens is 315 g/mol. The second kappa shape index (κ2) is 7.12. The second-order valence-electron chi connectivity index (χ2n) is 5.98. The van der Waals surface area contributed by atoms with Crippen LogP contribution in [-0.4, -0.2) is 33.8 Å². The number of nitrogens with one attached hydrogen (secondary N) is 1. The number of carbonyl (C=O) groups excluding carboxylic acids is 1. The molecule has 2 rings (SSSR count). The van der Waals surface area contributed by atoms with Gasteiger partial charge in [-0.05, 0) is 26.2 Å². The van der Waals surface area contributed by atoms with Gasteiger partial charge in [0.15, 0.2) is 0 Å². The number of rotatable bonds is 4. The maximum Gasteiger partial charge on any atom is 0.488 e. The van der Waals surface area contributed by atoms with Crippen LogP contribution in [0, 0.1) is 0 Å². The van der Waals surface area contributed by atoms with Gasteiger partial charge in [0.05, 0.1) is 12.2 Å². The van der Waals surface area contributed by atoms with Crippen molar-refractivity contribution < 1.29 is 19.6 Å². The number of thiazole rings is 1. The highest BCUT2D eigenvalue weighted by molar-refractivity contribution is 7.09. The Bertz CT molecular complexity index is 665. The highest BCUT2D eigenvalue weighted by Crippen LogP contribution is 2.21. The van der Waals surface area contributed by atoms with Crippen molar-refractivity contribution in [2.24, 2.45) is 0 Å². The summed E-state index contributed by atoms with van der Waals surface area (Å²) in [5.74, 6) is 0. The standard InChI is InChI=1S/C15H19BN2O4S/c1-15(2,3)22-14(19)17-8-13-18-12(9-23-13)10-4-6-11(7-5-10)16(20)21/h4-7,9,20-21H,8H2,1-3H3,(H,17,19). The van der Waals surface area contributed by atoms with E-state index in [-0.39, 0.29) is 0 Å². The van der Waals surface area contributed by atoms with Gasteiger partial charge in [0.1, 0.15) is 10.6 Å². The highest BCUT2D eigenvalue weighted by atomic mass is 32.1. The Balaban J connectivity index is 1.96. The molecule has 1 heterocycles. The normalized spacial score (nSPS) is 11.2. The molecule has 6 nitrogen and oxygen atoms in total. The average molecular weight is 334 g/mol. The minimum absolute atomic E-state index is 0.299. The third-order valence-corrected chi connectivity index (χ3v) is 3.69. The molecule has 1 aromatic heterocycles. The van der Waals surface area contributed by atoms with E-state index in [1.807, 2.05) is 5.38 Å². The summed E-state index contributed by atoms with van der Waals surface area (Å²) in [6, 6.07) is 6.82. The van der Waals surface area contributed by atoms with E-state index in [1.165, 1.54) is 11.3 Å². The fourth-order valence-corrected chi connectivity index (χ4v) is 2.56. The van der Waals surface area contributed by atoms with E-state index in [9.17, 15) is 4.79 Å². The zero-order valence-electron chi connectivity index (χ0n) is 13.2. The molecule has 1 amide bonds. The van der Waals surface area contributed by atoms with Crippen LogP contribution < -0.4 is 10.8 Å². The van der Waals surface area contributed by atoms with E-state index in [4.69, 9.17) is 14.8 Å². The van der Waals surface area contributed by atoms with Crippen molar-refractivity contribution in [1.82, 2.24) is 10.3 Å². The van der Waals surface area contributed by atoms with Crippen LogP contribution in [0.25, 0.3) is 11.3 Å². The Labute approximate surface area is 139 Å². The molecule has 0 saturated heterocycles. The first kappa shape index (κ1) is 17.5. The monoisotopic (exact) mass is 334 g/mol. The minimum atomic E-state index is -1.48. The zero-order valence-corrected chi connectivity index (χ0v) is 14.1. The van der Waals surface area contributed by atoms with Gasteiger partial charge in [-0.15, -0.1) is 11.3 Å². The Hall–Kier alpha value is -1.90. The number of benzene rings is 1. The number of ether oxygens (including phenoxy) is 1. The molecule has 0 spiro atoms. The lowest BCUT2D eigenvalue weighted by Gasteiger charge is -2.19. The molecule has 0 unspecified atom stereocenters. The number of carbonyl (C=O) groups is 1. The van der Waals surface area contributed by atoms with E-state index in [0.29, 0.717) is 12.0 Å². The summed E-state index contributed by atoms with van der Waals surface area (Å²) in [5.41, 5.74) is 1.54. The molecular formula is C15H19BN2O4S. The topological polar surface area (TPSA) is 91.7 Å². The number of alkyl carbamates (subject to hydrolysis) is 1. The van der Waals surface area contributed by atoms with E-state index in [0.717, 1.165) is 16.3 Å². The minimum Gasteiger partial charge on any atom is -0.444 e. The molecule has 0 atom stereocenters. The molecule has 0 saturated carbocycles. The van der Waals surface area contributed by atoms with Crippen molar-refractivity contribution in [2.75, 3.05) is 0 Å². The fourth-order valence-electron chi connectivity index (χ4n) is 1.81. The largest absolute Gasteiger partial charge is 0.488 e. The maximum absolute atomic E-state index is 11.6. The smallest absolute Gasteiger partial charge is 0.444 e. The third kappa shape index (κ3) is 5.35. The predicted octanol–water partition coefficient (Wildman–Crippen LogP) is 1.51. The fraction of sp³-hybridized carbons (Fsp3) is 0.333. The van der Waals surface area contributed by atoms with Crippen molar-refractivity contribution in [3.8, 4) is 11.3 Å². The number of hydrogen-bond donors (Lipinski definition) is 3. The first-order chi connectivity index (χ1) is 10.7. The average Bonchev–Trinajstić information content (AvgIpc) is 2.92. The Morgan fingerprint density at radius 3 is 2.52 bits per heavy atom. The highest BCUT2D eigenvalue weighted by Gasteiger charge is 2.16. The molecule has 8 heteroatoms. The number of amides is 1. The zero-order chi connectivity index (χ0) is 17.0. The number of aromatic nitrogens is 1. The van der Waals surface area contributed by atoms with Gasteiger partial charge in [0.2, 0.25) is 0 Å². The molecule has 0 radical (unpaired) electrons. The van der Waals surface area contributed by atoms with Crippen molar-refractivity contribution >= 4 is 30.0 Å². The number of hydrogen-bond acceptors (Lipinski definition) is 6. The first-order valence-electron chi connectivity index (χ1n) is 7.12.